The Morgan fingerprint density at radius 2 is 2.03 bits per heavy atom. The number of piperidine rings is 3. The molecular formula is C23H31N5O2. The van der Waals surface area contributed by atoms with Crippen molar-refractivity contribution in [3.63, 3.8) is 0 Å². The van der Waals surface area contributed by atoms with Crippen molar-refractivity contribution in [2.24, 2.45) is 11.8 Å². The number of fused-ring (bicyclic) bond motifs is 3. The van der Waals surface area contributed by atoms with Gasteiger partial charge in [0.15, 0.2) is 0 Å². The monoisotopic (exact) mass is 409 g/mol. The number of amides is 1. The molecule has 0 spiro atoms. The van der Waals surface area contributed by atoms with Gasteiger partial charge in [-0.25, -0.2) is 0 Å². The predicted octanol–water partition coefficient (Wildman–Crippen LogP) is 2.07. The van der Waals surface area contributed by atoms with E-state index in [1.165, 1.54) is 0 Å². The highest BCUT2D eigenvalue weighted by Crippen LogP contribution is 2.38. The summed E-state index contributed by atoms with van der Waals surface area (Å²) in [5, 5.41) is 22.5. The summed E-state index contributed by atoms with van der Waals surface area (Å²) in [5.41, 5.74) is 1.07. The number of benzene rings is 1. The highest BCUT2D eigenvalue weighted by atomic mass is 16.3. The van der Waals surface area contributed by atoms with E-state index >= 15 is 0 Å². The maximum absolute atomic E-state index is 12.8. The van der Waals surface area contributed by atoms with Crippen LogP contribution >= 0.6 is 0 Å². The van der Waals surface area contributed by atoms with Crippen molar-refractivity contribution in [3.8, 4) is 0 Å². The van der Waals surface area contributed by atoms with Gasteiger partial charge in [0.1, 0.15) is 11.3 Å². The summed E-state index contributed by atoms with van der Waals surface area (Å²) in [6, 6.07) is 10.5. The second-order valence-corrected chi connectivity index (χ2v) is 9.31. The van der Waals surface area contributed by atoms with Gasteiger partial charge in [-0.2, -0.15) is 0 Å². The van der Waals surface area contributed by atoms with Gasteiger partial charge in [0.05, 0.1) is 18.7 Å². The summed E-state index contributed by atoms with van der Waals surface area (Å²) < 4.78 is 1.89. The summed E-state index contributed by atoms with van der Waals surface area (Å²) in [6.07, 6.45) is 7.69. The van der Waals surface area contributed by atoms with Gasteiger partial charge in [-0.05, 0) is 43.7 Å². The number of aromatic nitrogens is 3. The van der Waals surface area contributed by atoms with Crippen molar-refractivity contribution in [1.29, 1.82) is 0 Å². The molecule has 4 atom stereocenters. The highest BCUT2D eigenvalue weighted by molar-refractivity contribution is 5.79. The lowest BCUT2D eigenvalue weighted by atomic mass is 9.75. The largest absolute Gasteiger partial charge is 0.383 e. The Balaban J connectivity index is 1.18. The number of carbonyl (C=O) groups excluding carboxylic acids is 1. The van der Waals surface area contributed by atoms with Crippen molar-refractivity contribution < 1.29 is 9.90 Å². The first kappa shape index (κ1) is 19.7. The van der Waals surface area contributed by atoms with Crippen LogP contribution in [0.5, 0.6) is 0 Å². The molecule has 7 nitrogen and oxygen atoms in total. The number of carbonyl (C=O) groups is 1. The molecule has 1 saturated carbocycles. The Morgan fingerprint density at radius 1 is 1.23 bits per heavy atom. The summed E-state index contributed by atoms with van der Waals surface area (Å²) in [4.78, 5) is 15.3. The molecule has 0 radical (unpaired) electrons. The third-order valence-corrected chi connectivity index (χ3v) is 7.37. The number of hydrogen-bond donors (Lipinski definition) is 2. The third kappa shape index (κ3) is 3.88. The van der Waals surface area contributed by atoms with E-state index in [0.717, 1.165) is 63.7 Å². The number of aliphatic hydroxyl groups is 1. The fourth-order valence-electron chi connectivity index (χ4n) is 5.57. The Bertz CT molecular complexity index is 877. The molecule has 2 N–H and O–H groups in total. The second-order valence-electron chi connectivity index (χ2n) is 9.31. The Labute approximate surface area is 177 Å². The van der Waals surface area contributed by atoms with Crippen LogP contribution in [0.1, 0.15) is 49.8 Å². The average Bonchev–Trinajstić information content (AvgIpc) is 3.43. The van der Waals surface area contributed by atoms with Gasteiger partial charge >= 0.3 is 0 Å². The number of rotatable bonds is 6. The zero-order valence-corrected chi connectivity index (χ0v) is 17.4. The van der Waals surface area contributed by atoms with Gasteiger partial charge in [0.25, 0.3) is 0 Å². The molecule has 2 bridgehead atoms. The fourth-order valence-corrected chi connectivity index (χ4v) is 5.57. The SMILES string of the molecule is O=C(NCc1ccccc1)[C@H]1CN2CC[C@@H]1C[C@@H]2Cn1cc(C2(O)CCCC2)nn1. The summed E-state index contributed by atoms with van der Waals surface area (Å²) >= 11 is 0. The van der Waals surface area contributed by atoms with Crippen LogP contribution < -0.4 is 5.32 Å². The van der Waals surface area contributed by atoms with Crippen LogP contribution in [0.2, 0.25) is 0 Å². The number of nitrogens with zero attached hydrogens (tertiary/aromatic N) is 4. The van der Waals surface area contributed by atoms with Crippen molar-refractivity contribution in [1.82, 2.24) is 25.2 Å². The Hall–Kier alpha value is -2.25. The fraction of sp³-hybridized carbons (Fsp3) is 0.609. The van der Waals surface area contributed by atoms with E-state index in [0.29, 0.717) is 24.2 Å². The van der Waals surface area contributed by atoms with E-state index in [1.807, 2.05) is 41.2 Å². The van der Waals surface area contributed by atoms with E-state index in [2.05, 4.69) is 20.5 Å². The molecule has 1 amide bonds. The zero-order chi connectivity index (χ0) is 20.6. The van der Waals surface area contributed by atoms with Crippen LogP contribution in [0.3, 0.4) is 0 Å². The smallest absolute Gasteiger partial charge is 0.224 e. The van der Waals surface area contributed by atoms with Crippen LogP contribution in [0.25, 0.3) is 0 Å². The number of nitrogens with one attached hydrogen (secondary N) is 1. The van der Waals surface area contributed by atoms with Crippen LogP contribution in [0.15, 0.2) is 36.5 Å². The third-order valence-electron chi connectivity index (χ3n) is 7.37. The molecule has 7 heteroatoms. The normalized spacial score (nSPS) is 29.8. The molecular weight excluding hydrogens is 378 g/mol. The van der Waals surface area contributed by atoms with E-state index in [1.54, 1.807) is 0 Å². The molecule has 2 aromatic rings. The molecule has 4 fully saturated rings. The van der Waals surface area contributed by atoms with Crippen LogP contribution in [0, 0.1) is 11.8 Å². The highest BCUT2D eigenvalue weighted by Gasteiger charge is 2.43. The molecule has 1 aromatic heterocycles. The van der Waals surface area contributed by atoms with Gasteiger partial charge < -0.3 is 10.4 Å². The molecule has 30 heavy (non-hydrogen) atoms. The van der Waals surface area contributed by atoms with Gasteiger partial charge in [-0.1, -0.05) is 48.4 Å². The second kappa shape index (κ2) is 8.12. The lowest BCUT2D eigenvalue weighted by molar-refractivity contribution is -0.133. The quantitative estimate of drug-likeness (QED) is 0.763. The maximum Gasteiger partial charge on any atom is 0.224 e. The first-order valence-corrected chi connectivity index (χ1v) is 11.3. The lowest BCUT2D eigenvalue weighted by Crippen LogP contribution is -2.58. The van der Waals surface area contributed by atoms with Crippen molar-refractivity contribution in [3.05, 3.63) is 47.8 Å². The average molecular weight is 410 g/mol. The predicted molar refractivity (Wildman–Crippen MR) is 112 cm³/mol. The molecule has 4 aliphatic rings. The molecule has 160 valence electrons. The molecule has 1 aromatic carbocycles. The molecule has 4 heterocycles. The van der Waals surface area contributed by atoms with Gasteiger partial charge in [-0.15, -0.1) is 5.10 Å². The lowest BCUT2D eigenvalue weighted by Gasteiger charge is -2.49. The van der Waals surface area contributed by atoms with E-state index in [4.69, 9.17) is 0 Å². The maximum atomic E-state index is 12.8. The summed E-state index contributed by atoms with van der Waals surface area (Å²) in [6.45, 7) is 3.24. The van der Waals surface area contributed by atoms with E-state index in [-0.39, 0.29) is 11.8 Å². The first-order chi connectivity index (χ1) is 14.6. The van der Waals surface area contributed by atoms with Crippen LogP contribution in [-0.2, 0) is 23.5 Å². The molecule has 3 saturated heterocycles. The molecule has 1 unspecified atom stereocenters. The topological polar surface area (TPSA) is 83.3 Å². The van der Waals surface area contributed by atoms with E-state index in [9.17, 15) is 9.90 Å². The molecule has 3 aliphatic heterocycles. The zero-order valence-electron chi connectivity index (χ0n) is 17.4. The standard InChI is InChI=1S/C23H31N5O2/c29-22(24-13-17-6-2-1-3-7-17)20-15-27-11-8-18(20)12-19(27)14-28-16-21(25-26-28)23(30)9-4-5-10-23/h1-3,6-7,16,18-20,30H,4-5,8-15H2,(H,24,29)/t18-,19-,20+/m1/s1. The molecule has 6 rings (SSSR count). The first-order valence-electron chi connectivity index (χ1n) is 11.3. The Kier molecular flexibility index (Phi) is 5.33. The minimum absolute atomic E-state index is 0.0734. The van der Waals surface area contributed by atoms with Gasteiger partial charge in [-0.3, -0.25) is 14.4 Å². The Morgan fingerprint density at radius 3 is 2.77 bits per heavy atom. The summed E-state index contributed by atoms with van der Waals surface area (Å²) in [5.74, 6) is 0.681. The summed E-state index contributed by atoms with van der Waals surface area (Å²) in [7, 11) is 0. The van der Waals surface area contributed by atoms with Crippen molar-refractivity contribution in [2.75, 3.05) is 13.1 Å². The van der Waals surface area contributed by atoms with Gasteiger partial charge in [0.2, 0.25) is 5.91 Å². The molecule has 1 aliphatic carbocycles. The van der Waals surface area contributed by atoms with Crippen molar-refractivity contribution >= 4 is 5.91 Å². The van der Waals surface area contributed by atoms with Crippen molar-refractivity contribution in [2.45, 2.75) is 63.3 Å². The van der Waals surface area contributed by atoms with Crippen LogP contribution in [0.4, 0.5) is 0 Å². The van der Waals surface area contributed by atoms with Crippen LogP contribution in [-0.4, -0.2) is 50.0 Å². The van der Waals surface area contributed by atoms with E-state index < -0.39 is 5.60 Å². The number of hydrogen-bond acceptors (Lipinski definition) is 5. The van der Waals surface area contributed by atoms with Gasteiger partial charge in [0, 0.05) is 19.1 Å². The minimum atomic E-state index is -0.786. The minimum Gasteiger partial charge on any atom is -0.383 e.